The van der Waals surface area contributed by atoms with Gasteiger partial charge in [0, 0.05) is 12.3 Å². The maximum atomic E-state index is 12.8. The number of ether oxygens (including phenoxy) is 2. The van der Waals surface area contributed by atoms with Crippen molar-refractivity contribution < 1.29 is 27.1 Å². The lowest BCUT2D eigenvalue weighted by Crippen LogP contribution is -2.28. The monoisotopic (exact) mass is 446 g/mol. The van der Waals surface area contributed by atoms with Gasteiger partial charge in [0.2, 0.25) is 11.3 Å². The van der Waals surface area contributed by atoms with Gasteiger partial charge in [0.05, 0.1) is 5.39 Å². The summed E-state index contributed by atoms with van der Waals surface area (Å²) in [5, 5.41) is 2.27. The van der Waals surface area contributed by atoms with Gasteiger partial charge in [-0.2, -0.15) is 0 Å². The van der Waals surface area contributed by atoms with E-state index in [0.717, 1.165) is 12.3 Å². The van der Waals surface area contributed by atoms with Gasteiger partial charge in [-0.1, -0.05) is 18.2 Å². The number of anilines is 2. The average molecular weight is 446 g/mol. The number of benzene rings is 2. The molecule has 2 aromatic carbocycles. The standard InChI is InChI=1S/C21H22N2O7S/c1-21(2,3)30-20(25)23-19-17(22)18(24)13-10-15(28-12-8-6-5-7-9-12)16(31(4,26)27)11-14(13)29-19/h5-11H,22H2,1-4H3,(H,23,25). The molecule has 0 bridgehead atoms. The Balaban J connectivity index is 2.14. The summed E-state index contributed by atoms with van der Waals surface area (Å²) >= 11 is 0. The van der Waals surface area contributed by atoms with Crippen LogP contribution in [0, 0.1) is 0 Å². The van der Waals surface area contributed by atoms with Gasteiger partial charge >= 0.3 is 6.09 Å². The highest BCUT2D eigenvalue weighted by Gasteiger charge is 2.23. The molecule has 0 aliphatic rings. The fourth-order valence-corrected chi connectivity index (χ4v) is 3.48. The Kier molecular flexibility index (Phi) is 5.68. The Morgan fingerprint density at radius 2 is 1.77 bits per heavy atom. The molecule has 0 saturated heterocycles. The van der Waals surface area contributed by atoms with Crippen molar-refractivity contribution in [3.8, 4) is 11.5 Å². The summed E-state index contributed by atoms with van der Waals surface area (Å²) < 4.78 is 41.1. The molecule has 0 aliphatic carbocycles. The number of carbonyl (C=O) groups is 1. The Labute approximate surface area is 178 Å². The number of sulfone groups is 1. The predicted molar refractivity (Wildman–Crippen MR) is 116 cm³/mol. The van der Waals surface area contributed by atoms with Crippen molar-refractivity contribution in [2.75, 3.05) is 17.3 Å². The van der Waals surface area contributed by atoms with Crippen LogP contribution < -0.4 is 21.2 Å². The van der Waals surface area contributed by atoms with Gasteiger partial charge in [0.15, 0.2) is 9.84 Å². The first-order valence-corrected chi connectivity index (χ1v) is 11.1. The number of hydrogen-bond acceptors (Lipinski definition) is 8. The number of nitrogen functional groups attached to an aromatic ring is 1. The van der Waals surface area contributed by atoms with E-state index in [-0.39, 0.29) is 33.2 Å². The molecule has 3 rings (SSSR count). The van der Waals surface area contributed by atoms with Gasteiger partial charge in [-0.3, -0.25) is 10.1 Å². The summed E-state index contributed by atoms with van der Waals surface area (Å²) in [7, 11) is -3.76. The first kappa shape index (κ1) is 22.2. The second kappa shape index (κ2) is 7.95. The van der Waals surface area contributed by atoms with Gasteiger partial charge in [-0.25, -0.2) is 13.2 Å². The summed E-state index contributed by atoms with van der Waals surface area (Å²) in [5.41, 5.74) is 3.95. The fraction of sp³-hybridized carbons (Fsp3) is 0.238. The second-order valence-corrected chi connectivity index (χ2v) is 9.77. The summed E-state index contributed by atoms with van der Waals surface area (Å²) in [6, 6.07) is 10.9. The molecule has 0 spiro atoms. The summed E-state index contributed by atoms with van der Waals surface area (Å²) in [6.45, 7) is 5.00. The van der Waals surface area contributed by atoms with Gasteiger partial charge < -0.3 is 19.6 Å². The Morgan fingerprint density at radius 1 is 1.13 bits per heavy atom. The van der Waals surface area contributed by atoms with Gasteiger partial charge in [0.1, 0.15) is 33.3 Å². The lowest BCUT2D eigenvalue weighted by Gasteiger charge is -2.19. The molecule has 0 saturated carbocycles. The predicted octanol–water partition coefficient (Wildman–Crippen LogP) is 3.92. The molecule has 1 aromatic heterocycles. The van der Waals surface area contributed by atoms with Crippen molar-refractivity contribution in [2.24, 2.45) is 0 Å². The lowest BCUT2D eigenvalue weighted by atomic mass is 10.2. The third-order valence-corrected chi connectivity index (χ3v) is 5.09. The topological polar surface area (TPSA) is 138 Å². The Bertz CT molecular complexity index is 1310. The molecule has 10 heteroatoms. The van der Waals surface area contributed by atoms with E-state index in [2.05, 4.69) is 5.32 Å². The third kappa shape index (κ3) is 5.15. The van der Waals surface area contributed by atoms with E-state index < -0.39 is 27.0 Å². The summed E-state index contributed by atoms with van der Waals surface area (Å²) in [5.74, 6) is -0.0176. The van der Waals surface area contributed by atoms with E-state index in [4.69, 9.17) is 19.6 Å². The number of rotatable bonds is 4. The summed E-state index contributed by atoms with van der Waals surface area (Å²) in [4.78, 5) is 24.6. The minimum Gasteiger partial charge on any atom is -0.456 e. The van der Waals surface area contributed by atoms with Crippen LogP contribution in [-0.4, -0.2) is 26.4 Å². The highest BCUT2D eigenvalue weighted by atomic mass is 32.2. The molecular formula is C21H22N2O7S. The highest BCUT2D eigenvalue weighted by Crippen LogP contribution is 2.34. The average Bonchev–Trinajstić information content (AvgIpc) is 2.64. The molecule has 0 atom stereocenters. The molecule has 3 aromatic rings. The Hall–Kier alpha value is -3.53. The molecule has 0 fully saturated rings. The Morgan fingerprint density at radius 3 is 2.35 bits per heavy atom. The van der Waals surface area contributed by atoms with Gasteiger partial charge in [0.25, 0.3) is 0 Å². The first-order valence-electron chi connectivity index (χ1n) is 9.18. The fourth-order valence-electron chi connectivity index (χ4n) is 2.69. The summed E-state index contributed by atoms with van der Waals surface area (Å²) in [6.07, 6.45) is 0.121. The molecule has 0 unspecified atom stereocenters. The molecule has 31 heavy (non-hydrogen) atoms. The van der Waals surface area contributed by atoms with E-state index in [1.807, 2.05) is 0 Å². The normalized spacial score (nSPS) is 11.9. The maximum Gasteiger partial charge on any atom is 0.414 e. The van der Waals surface area contributed by atoms with E-state index in [1.165, 1.54) is 6.07 Å². The largest absolute Gasteiger partial charge is 0.456 e. The highest BCUT2D eigenvalue weighted by molar-refractivity contribution is 7.90. The zero-order valence-electron chi connectivity index (χ0n) is 17.4. The number of nitrogens with one attached hydrogen (secondary N) is 1. The number of carbonyl (C=O) groups excluding carboxylic acids is 1. The van der Waals surface area contributed by atoms with Crippen LogP contribution in [0.2, 0.25) is 0 Å². The minimum absolute atomic E-state index is 0.00873. The molecular weight excluding hydrogens is 424 g/mol. The molecule has 9 nitrogen and oxygen atoms in total. The second-order valence-electron chi connectivity index (χ2n) is 7.78. The van der Waals surface area contributed by atoms with Crippen molar-refractivity contribution in [3.05, 3.63) is 52.7 Å². The number of fused-ring (bicyclic) bond motifs is 1. The molecule has 0 radical (unpaired) electrons. The molecule has 0 aliphatic heterocycles. The lowest BCUT2D eigenvalue weighted by molar-refractivity contribution is 0.0633. The quantitative estimate of drug-likeness (QED) is 0.615. The maximum absolute atomic E-state index is 12.8. The minimum atomic E-state index is -3.76. The van der Waals surface area contributed by atoms with Crippen LogP contribution in [-0.2, 0) is 14.6 Å². The molecule has 1 amide bonds. The van der Waals surface area contributed by atoms with E-state index in [9.17, 15) is 18.0 Å². The van der Waals surface area contributed by atoms with Crippen LogP contribution in [0.25, 0.3) is 11.0 Å². The number of para-hydroxylation sites is 1. The number of amides is 1. The zero-order chi connectivity index (χ0) is 23.0. The molecule has 3 N–H and O–H groups in total. The van der Waals surface area contributed by atoms with Crippen LogP contribution in [0.15, 0.2) is 56.6 Å². The van der Waals surface area contributed by atoms with Crippen LogP contribution in [0.5, 0.6) is 11.5 Å². The van der Waals surface area contributed by atoms with Crippen LogP contribution >= 0.6 is 0 Å². The van der Waals surface area contributed by atoms with Gasteiger partial charge in [-0.05, 0) is 39.0 Å². The van der Waals surface area contributed by atoms with Crippen molar-refractivity contribution in [1.29, 1.82) is 0 Å². The molecule has 164 valence electrons. The van der Waals surface area contributed by atoms with E-state index >= 15 is 0 Å². The van der Waals surface area contributed by atoms with Crippen molar-refractivity contribution in [1.82, 2.24) is 0 Å². The van der Waals surface area contributed by atoms with Crippen LogP contribution in [0.3, 0.4) is 0 Å². The smallest absolute Gasteiger partial charge is 0.414 e. The van der Waals surface area contributed by atoms with Crippen LogP contribution in [0.4, 0.5) is 16.4 Å². The molecule has 1 heterocycles. The van der Waals surface area contributed by atoms with Crippen LogP contribution in [0.1, 0.15) is 20.8 Å². The van der Waals surface area contributed by atoms with Gasteiger partial charge in [-0.15, -0.1) is 0 Å². The zero-order valence-corrected chi connectivity index (χ0v) is 18.2. The number of nitrogens with two attached hydrogens (primary N) is 1. The van der Waals surface area contributed by atoms with E-state index in [1.54, 1.807) is 51.1 Å². The SMILES string of the molecule is CC(C)(C)OC(=O)Nc1oc2cc(S(C)(=O)=O)c(Oc3ccccc3)cc2c(=O)c1N. The van der Waals surface area contributed by atoms with E-state index in [0.29, 0.717) is 5.75 Å². The van der Waals surface area contributed by atoms with Crippen molar-refractivity contribution in [2.45, 2.75) is 31.3 Å². The first-order chi connectivity index (χ1) is 14.3. The van der Waals surface area contributed by atoms with Crippen molar-refractivity contribution >= 4 is 38.5 Å². The third-order valence-electron chi connectivity index (χ3n) is 3.98. The number of hydrogen-bond donors (Lipinski definition) is 2. The van der Waals surface area contributed by atoms with Crippen molar-refractivity contribution in [3.63, 3.8) is 0 Å².